The number of sulfonamides is 1. The summed E-state index contributed by atoms with van der Waals surface area (Å²) in [6, 6.07) is 10.7. The molecule has 0 spiro atoms. The maximum atomic E-state index is 13.0. The van der Waals surface area contributed by atoms with E-state index < -0.39 is 28.0 Å². The fourth-order valence-electron chi connectivity index (χ4n) is 2.86. The molecule has 3 rings (SSSR count). The number of halogens is 3. The smallest absolute Gasteiger partial charge is 0.406 e. The number of amidine groups is 1. The maximum Gasteiger partial charge on any atom is 0.573 e. The standard InChI is InChI=1S/C20H20F3N3O4S2/c1-13-12-26(18(27)14-7-9-16(10-8-14)30-20(21,22)23)19(31-13)24-15-5-4-6-17(11-15)32(28,29)25(2)3/h4-11,13H,12H2,1-3H3. The van der Waals surface area contributed by atoms with E-state index in [1.807, 2.05) is 6.92 Å². The van der Waals surface area contributed by atoms with Crippen molar-refractivity contribution in [3.05, 3.63) is 54.1 Å². The molecule has 172 valence electrons. The Morgan fingerprint density at radius 1 is 1.19 bits per heavy atom. The second kappa shape index (κ2) is 9.12. The Morgan fingerprint density at radius 3 is 2.44 bits per heavy atom. The minimum atomic E-state index is -4.82. The van der Waals surface area contributed by atoms with Crippen LogP contribution in [0.2, 0.25) is 0 Å². The van der Waals surface area contributed by atoms with E-state index in [0.717, 1.165) is 16.4 Å². The van der Waals surface area contributed by atoms with Crippen LogP contribution < -0.4 is 4.74 Å². The first-order valence-corrected chi connectivity index (χ1v) is 11.6. The van der Waals surface area contributed by atoms with Gasteiger partial charge in [-0.25, -0.2) is 17.7 Å². The molecule has 32 heavy (non-hydrogen) atoms. The summed E-state index contributed by atoms with van der Waals surface area (Å²) in [4.78, 5) is 18.9. The molecule has 1 atom stereocenters. The minimum Gasteiger partial charge on any atom is -0.406 e. The molecular formula is C20H20F3N3O4S2. The zero-order chi connectivity index (χ0) is 23.7. The van der Waals surface area contributed by atoms with E-state index in [1.54, 1.807) is 12.1 Å². The lowest BCUT2D eigenvalue weighted by molar-refractivity contribution is -0.274. The Morgan fingerprint density at radius 2 is 1.84 bits per heavy atom. The van der Waals surface area contributed by atoms with Gasteiger partial charge in [-0.3, -0.25) is 9.69 Å². The second-order valence-corrected chi connectivity index (χ2v) is 10.7. The van der Waals surface area contributed by atoms with E-state index in [-0.39, 0.29) is 15.7 Å². The van der Waals surface area contributed by atoms with Crippen LogP contribution in [0.5, 0.6) is 5.75 Å². The fraction of sp³-hybridized carbons (Fsp3) is 0.300. The number of aliphatic imine (C=N–C) groups is 1. The first-order chi connectivity index (χ1) is 14.9. The molecule has 0 bridgehead atoms. The number of alkyl halides is 3. The van der Waals surface area contributed by atoms with Gasteiger partial charge in [-0.1, -0.05) is 24.8 Å². The summed E-state index contributed by atoms with van der Waals surface area (Å²) in [5, 5.41) is 0.400. The maximum absolute atomic E-state index is 13.0. The van der Waals surface area contributed by atoms with Crippen molar-refractivity contribution in [3.63, 3.8) is 0 Å². The molecule has 0 saturated carbocycles. The third-order valence-electron chi connectivity index (χ3n) is 4.38. The molecule has 1 amide bonds. The summed E-state index contributed by atoms with van der Waals surface area (Å²) in [6.07, 6.45) is -4.82. The molecule has 0 aliphatic carbocycles. The SMILES string of the molecule is CC1CN(C(=O)c2ccc(OC(F)(F)F)cc2)C(=Nc2cccc(S(=O)(=O)N(C)C)c2)S1. The van der Waals surface area contributed by atoms with Gasteiger partial charge >= 0.3 is 6.36 Å². The number of hydrogen-bond acceptors (Lipinski definition) is 6. The lowest BCUT2D eigenvalue weighted by atomic mass is 10.2. The van der Waals surface area contributed by atoms with Crippen molar-refractivity contribution in [1.29, 1.82) is 0 Å². The topological polar surface area (TPSA) is 79.3 Å². The predicted molar refractivity (Wildman–Crippen MR) is 116 cm³/mol. The highest BCUT2D eigenvalue weighted by Crippen LogP contribution is 2.31. The van der Waals surface area contributed by atoms with Gasteiger partial charge in [-0.05, 0) is 42.5 Å². The third kappa shape index (κ3) is 5.61. The molecule has 1 fully saturated rings. The van der Waals surface area contributed by atoms with Crippen molar-refractivity contribution >= 4 is 38.5 Å². The average Bonchev–Trinajstić information content (AvgIpc) is 3.07. The first-order valence-electron chi connectivity index (χ1n) is 9.32. The zero-order valence-corrected chi connectivity index (χ0v) is 19.0. The monoisotopic (exact) mass is 487 g/mol. The lowest BCUT2D eigenvalue weighted by Crippen LogP contribution is -2.32. The van der Waals surface area contributed by atoms with Crippen LogP contribution in [-0.2, 0) is 10.0 Å². The number of rotatable bonds is 5. The highest BCUT2D eigenvalue weighted by molar-refractivity contribution is 8.14. The average molecular weight is 488 g/mol. The second-order valence-electron chi connectivity index (χ2n) is 7.10. The summed E-state index contributed by atoms with van der Waals surface area (Å²) < 4.78 is 66.7. The number of amides is 1. The van der Waals surface area contributed by atoms with Gasteiger partial charge in [0.15, 0.2) is 5.17 Å². The molecular weight excluding hydrogens is 467 g/mol. The summed E-state index contributed by atoms with van der Waals surface area (Å²) in [5.41, 5.74) is 0.530. The molecule has 0 aromatic heterocycles. The number of carbonyl (C=O) groups excluding carboxylic acids is 1. The summed E-state index contributed by atoms with van der Waals surface area (Å²) >= 11 is 1.34. The zero-order valence-electron chi connectivity index (χ0n) is 17.3. The molecule has 1 unspecified atom stereocenters. The van der Waals surface area contributed by atoms with Crippen LogP contribution in [-0.4, -0.2) is 61.0 Å². The summed E-state index contributed by atoms with van der Waals surface area (Å²) in [6.45, 7) is 2.25. The molecule has 0 N–H and O–H groups in total. The molecule has 1 aliphatic heterocycles. The van der Waals surface area contributed by atoms with Crippen LogP contribution in [0.15, 0.2) is 58.4 Å². The van der Waals surface area contributed by atoms with Gasteiger partial charge in [-0.2, -0.15) is 0 Å². The Bertz CT molecular complexity index is 1130. The normalized spacial score (nSPS) is 18.4. The van der Waals surface area contributed by atoms with E-state index in [9.17, 15) is 26.4 Å². The fourth-order valence-corrected chi connectivity index (χ4v) is 4.83. The van der Waals surface area contributed by atoms with E-state index in [0.29, 0.717) is 17.4 Å². The predicted octanol–water partition coefficient (Wildman–Crippen LogP) is 4.10. The lowest BCUT2D eigenvalue weighted by Gasteiger charge is -2.17. The number of benzene rings is 2. The van der Waals surface area contributed by atoms with E-state index in [4.69, 9.17) is 0 Å². The van der Waals surface area contributed by atoms with Gasteiger partial charge in [-0.15, -0.1) is 13.2 Å². The van der Waals surface area contributed by atoms with Crippen LogP contribution in [0, 0.1) is 0 Å². The van der Waals surface area contributed by atoms with Gasteiger partial charge in [0.2, 0.25) is 10.0 Å². The molecule has 0 radical (unpaired) electrons. The minimum absolute atomic E-state index is 0.0271. The van der Waals surface area contributed by atoms with Gasteiger partial charge in [0.1, 0.15) is 5.75 Å². The van der Waals surface area contributed by atoms with Crippen molar-refractivity contribution in [1.82, 2.24) is 9.21 Å². The van der Waals surface area contributed by atoms with Gasteiger partial charge in [0.05, 0.1) is 10.6 Å². The molecule has 7 nitrogen and oxygen atoms in total. The molecule has 1 aliphatic rings. The Balaban J connectivity index is 1.87. The van der Waals surface area contributed by atoms with Crippen molar-refractivity contribution < 1.29 is 31.1 Å². The highest BCUT2D eigenvalue weighted by Gasteiger charge is 2.33. The number of ether oxygens (including phenoxy) is 1. The van der Waals surface area contributed by atoms with Crippen LogP contribution in [0.3, 0.4) is 0 Å². The summed E-state index contributed by atoms with van der Waals surface area (Å²) in [7, 11) is -0.800. The molecule has 1 heterocycles. The number of thioether (sulfide) groups is 1. The van der Waals surface area contributed by atoms with Crippen molar-refractivity contribution in [2.75, 3.05) is 20.6 Å². The van der Waals surface area contributed by atoms with Crippen molar-refractivity contribution in [2.45, 2.75) is 23.4 Å². The Hall–Kier alpha value is -2.57. The van der Waals surface area contributed by atoms with Crippen LogP contribution in [0.25, 0.3) is 0 Å². The number of nitrogens with zero attached hydrogens (tertiary/aromatic N) is 3. The molecule has 1 saturated heterocycles. The Labute approximate surface area is 187 Å². The van der Waals surface area contributed by atoms with Crippen LogP contribution >= 0.6 is 11.8 Å². The summed E-state index contributed by atoms with van der Waals surface area (Å²) in [5.74, 6) is -0.859. The number of carbonyl (C=O) groups is 1. The van der Waals surface area contributed by atoms with E-state index in [2.05, 4.69) is 9.73 Å². The third-order valence-corrected chi connectivity index (χ3v) is 7.26. The first kappa shape index (κ1) is 24.1. The van der Waals surface area contributed by atoms with Crippen LogP contribution in [0.1, 0.15) is 17.3 Å². The van der Waals surface area contributed by atoms with Crippen molar-refractivity contribution in [2.24, 2.45) is 4.99 Å². The number of hydrogen-bond donors (Lipinski definition) is 0. The largest absolute Gasteiger partial charge is 0.573 e. The van der Waals surface area contributed by atoms with Gasteiger partial charge in [0, 0.05) is 31.5 Å². The Kier molecular flexibility index (Phi) is 6.86. The van der Waals surface area contributed by atoms with Crippen molar-refractivity contribution in [3.8, 4) is 5.75 Å². The van der Waals surface area contributed by atoms with Gasteiger partial charge in [0.25, 0.3) is 5.91 Å². The van der Waals surface area contributed by atoms with E-state index in [1.165, 1.54) is 55.0 Å². The molecule has 12 heteroatoms. The van der Waals surface area contributed by atoms with Crippen LogP contribution in [0.4, 0.5) is 18.9 Å². The molecule has 2 aromatic carbocycles. The quantitative estimate of drug-likeness (QED) is 0.635. The van der Waals surface area contributed by atoms with E-state index >= 15 is 0 Å². The van der Waals surface area contributed by atoms with Gasteiger partial charge < -0.3 is 4.74 Å². The molecule has 2 aromatic rings. The highest BCUT2D eigenvalue weighted by atomic mass is 32.2.